The van der Waals surface area contributed by atoms with Gasteiger partial charge in [0.05, 0.1) is 16.7 Å². The number of carbonyl (C=O) groups excluding carboxylic acids is 3. The minimum absolute atomic E-state index is 0.00310. The topological polar surface area (TPSA) is 151 Å². The average molecular weight is 519 g/mol. The number of amides is 2. The standard InChI is InChI=1S/C20H21FN2O3.C7H6N4O/c1-4-16(24)14-8-9-15(21)18(12-5-6-12)19(14)26-20(25)13-7-10-17(22-11-13)23(2)3;8-3-5-1-2-6(10-4-5)11-7(9)12/h7-12H,4-6H2,1-3H3;1-2,4H,(H3,9,10,11,12). The number of urea groups is 1. The SMILES string of the molecule is CCC(=O)c1ccc(F)c(C2CC2)c1OC(=O)c1ccc(N(C)C)nc1.N#Cc1ccc(NC(N)=O)nc1. The normalized spacial score (nSPS) is 11.9. The zero-order valence-electron chi connectivity index (χ0n) is 21.2. The summed E-state index contributed by atoms with van der Waals surface area (Å²) in [7, 11) is 3.69. The van der Waals surface area contributed by atoms with Crippen molar-refractivity contribution in [1.29, 1.82) is 5.26 Å². The molecule has 0 atom stereocenters. The highest BCUT2D eigenvalue weighted by molar-refractivity contribution is 6.01. The van der Waals surface area contributed by atoms with Gasteiger partial charge in [0, 0.05) is 38.5 Å². The lowest BCUT2D eigenvalue weighted by atomic mass is 10.00. The number of pyridine rings is 2. The molecular weight excluding hydrogens is 491 g/mol. The third kappa shape index (κ3) is 7.10. The summed E-state index contributed by atoms with van der Waals surface area (Å²) >= 11 is 0. The number of aromatic nitrogens is 2. The van der Waals surface area contributed by atoms with Gasteiger partial charge in [0.1, 0.15) is 29.3 Å². The van der Waals surface area contributed by atoms with Gasteiger partial charge >= 0.3 is 12.0 Å². The van der Waals surface area contributed by atoms with Gasteiger partial charge < -0.3 is 15.4 Å². The van der Waals surface area contributed by atoms with Gasteiger partial charge in [-0.05, 0) is 55.2 Å². The molecule has 3 aromatic rings. The number of nitrogens with zero attached hydrogens (tertiary/aromatic N) is 4. The van der Waals surface area contributed by atoms with Crippen LogP contribution in [0.25, 0.3) is 0 Å². The summed E-state index contributed by atoms with van der Waals surface area (Å²) in [6.45, 7) is 1.72. The van der Waals surface area contributed by atoms with E-state index in [1.54, 1.807) is 19.1 Å². The van der Waals surface area contributed by atoms with Crippen LogP contribution in [0.5, 0.6) is 5.75 Å². The Kier molecular flexibility index (Phi) is 9.05. The first-order chi connectivity index (χ1) is 18.1. The molecule has 38 heavy (non-hydrogen) atoms. The highest BCUT2D eigenvalue weighted by Gasteiger charge is 2.33. The first kappa shape index (κ1) is 27.7. The van der Waals surface area contributed by atoms with Crippen molar-refractivity contribution in [2.24, 2.45) is 5.73 Å². The van der Waals surface area contributed by atoms with Crippen molar-refractivity contribution < 1.29 is 23.5 Å². The van der Waals surface area contributed by atoms with Crippen LogP contribution in [-0.2, 0) is 0 Å². The quantitative estimate of drug-likeness (QED) is 0.265. The average Bonchev–Trinajstić information content (AvgIpc) is 3.74. The number of hydrogen-bond donors (Lipinski definition) is 2. The van der Waals surface area contributed by atoms with Crippen molar-refractivity contribution in [3.8, 4) is 11.8 Å². The maximum atomic E-state index is 14.4. The maximum Gasteiger partial charge on any atom is 0.345 e. The highest BCUT2D eigenvalue weighted by Crippen LogP contribution is 2.47. The molecule has 0 radical (unpaired) electrons. The zero-order chi connectivity index (χ0) is 27.8. The van der Waals surface area contributed by atoms with E-state index < -0.39 is 17.8 Å². The number of halogens is 1. The Hall–Kier alpha value is -4.85. The van der Waals surface area contributed by atoms with Crippen LogP contribution in [0.4, 0.5) is 20.8 Å². The van der Waals surface area contributed by atoms with E-state index in [4.69, 9.17) is 15.7 Å². The van der Waals surface area contributed by atoms with Gasteiger partial charge in [-0.3, -0.25) is 10.1 Å². The third-order valence-electron chi connectivity index (χ3n) is 5.53. The molecule has 3 N–H and O–H groups in total. The van der Waals surface area contributed by atoms with E-state index in [2.05, 4.69) is 15.3 Å². The van der Waals surface area contributed by atoms with E-state index in [-0.39, 0.29) is 35.0 Å². The molecule has 11 heteroatoms. The predicted molar refractivity (Wildman–Crippen MR) is 139 cm³/mol. The number of anilines is 2. The largest absolute Gasteiger partial charge is 0.422 e. The van der Waals surface area contributed by atoms with Gasteiger partial charge in [-0.2, -0.15) is 5.26 Å². The van der Waals surface area contributed by atoms with Crippen molar-refractivity contribution in [2.45, 2.75) is 32.1 Å². The van der Waals surface area contributed by atoms with Crippen LogP contribution in [0.3, 0.4) is 0 Å². The number of Topliss-reactive ketones (excluding diaryl/α,β-unsaturated/α-hetero) is 1. The smallest absolute Gasteiger partial charge is 0.345 e. The van der Waals surface area contributed by atoms with Crippen LogP contribution >= 0.6 is 0 Å². The predicted octanol–water partition coefficient (Wildman–Crippen LogP) is 4.42. The molecule has 0 aliphatic heterocycles. The first-order valence-corrected chi connectivity index (χ1v) is 11.8. The number of esters is 1. The lowest BCUT2D eigenvalue weighted by Gasteiger charge is -2.15. The minimum atomic E-state index is -0.674. The number of primary amides is 1. The molecule has 0 saturated heterocycles. The van der Waals surface area contributed by atoms with Crippen LogP contribution in [0.2, 0.25) is 0 Å². The lowest BCUT2D eigenvalue weighted by molar-refractivity contribution is 0.0729. The Labute approximate surface area is 219 Å². The Morgan fingerprint density at radius 2 is 1.87 bits per heavy atom. The fourth-order valence-electron chi connectivity index (χ4n) is 3.43. The summed E-state index contributed by atoms with van der Waals surface area (Å²) < 4.78 is 19.9. The van der Waals surface area contributed by atoms with Crippen molar-refractivity contribution in [3.05, 3.63) is 76.9 Å². The highest BCUT2D eigenvalue weighted by atomic mass is 19.1. The first-order valence-electron chi connectivity index (χ1n) is 11.8. The second-order valence-electron chi connectivity index (χ2n) is 8.61. The Bertz CT molecular complexity index is 1360. The Morgan fingerprint density at radius 1 is 1.13 bits per heavy atom. The van der Waals surface area contributed by atoms with Crippen molar-refractivity contribution in [3.63, 3.8) is 0 Å². The van der Waals surface area contributed by atoms with E-state index in [9.17, 15) is 18.8 Å². The van der Waals surface area contributed by atoms with Crippen LogP contribution < -0.4 is 20.7 Å². The summed E-state index contributed by atoms with van der Waals surface area (Å²) in [5.41, 5.74) is 6.10. The second-order valence-corrected chi connectivity index (χ2v) is 8.61. The van der Waals surface area contributed by atoms with Crippen LogP contribution in [-0.4, -0.2) is 41.8 Å². The Morgan fingerprint density at radius 3 is 2.37 bits per heavy atom. The molecule has 0 spiro atoms. The molecule has 1 aromatic carbocycles. The van der Waals surface area contributed by atoms with E-state index in [0.29, 0.717) is 22.8 Å². The molecular formula is C27H27FN6O4. The van der Waals surface area contributed by atoms with Crippen LogP contribution in [0.1, 0.15) is 63.9 Å². The van der Waals surface area contributed by atoms with Crippen molar-refractivity contribution in [2.75, 3.05) is 24.3 Å². The lowest BCUT2D eigenvalue weighted by Crippen LogP contribution is -2.19. The number of nitriles is 1. The van der Waals surface area contributed by atoms with E-state index in [1.807, 2.05) is 25.1 Å². The molecule has 1 saturated carbocycles. The summed E-state index contributed by atoms with van der Waals surface area (Å²) in [6.07, 6.45) is 4.66. The molecule has 10 nitrogen and oxygen atoms in total. The summed E-state index contributed by atoms with van der Waals surface area (Å²) in [5.74, 6) is -0.188. The van der Waals surface area contributed by atoms with E-state index in [1.165, 1.54) is 36.7 Å². The fraction of sp³-hybridized carbons (Fsp3) is 0.259. The second kappa shape index (κ2) is 12.4. The Balaban J connectivity index is 0.000000279. The summed E-state index contributed by atoms with van der Waals surface area (Å²) in [4.78, 5) is 44.9. The van der Waals surface area contributed by atoms with Gasteiger partial charge in [0.25, 0.3) is 0 Å². The van der Waals surface area contributed by atoms with Crippen molar-refractivity contribution in [1.82, 2.24) is 9.97 Å². The van der Waals surface area contributed by atoms with Crippen LogP contribution in [0, 0.1) is 17.1 Å². The summed E-state index contributed by atoms with van der Waals surface area (Å²) in [5, 5.41) is 10.7. The van der Waals surface area contributed by atoms with E-state index >= 15 is 0 Å². The van der Waals surface area contributed by atoms with Gasteiger partial charge in [-0.15, -0.1) is 0 Å². The van der Waals surface area contributed by atoms with Gasteiger partial charge in [0.2, 0.25) is 0 Å². The third-order valence-corrected chi connectivity index (χ3v) is 5.53. The molecule has 2 amide bonds. The molecule has 1 fully saturated rings. The zero-order valence-corrected chi connectivity index (χ0v) is 21.2. The molecule has 0 bridgehead atoms. The van der Waals surface area contributed by atoms with Gasteiger partial charge in [-0.25, -0.2) is 23.9 Å². The van der Waals surface area contributed by atoms with Crippen LogP contribution in [0.15, 0.2) is 48.8 Å². The maximum absolute atomic E-state index is 14.4. The van der Waals surface area contributed by atoms with E-state index in [0.717, 1.165) is 12.8 Å². The number of carbonyl (C=O) groups is 3. The molecule has 4 rings (SSSR count). The van der Waals surface area contributed by atoms with Gasteiger partial charge in [0.15, 0.2) is 5.78 Å². The number of nitrogens with one attached hydrogen (secondary N) is 1. The molecule has 196 valence electrons. The number of rotatable bonds is 7. The number of nitrogens with two attached hydrogens (primary N) is 1. The van der Waals surface area contributed by atoms with Crippen molar-refractivity contribution >= 4 is 29.4 Å². The monoisotopic (exact) mass is 518 g/mol. The fourth-order valence-corrected chi connectivity index (χ4v) is 3.43. The number of hydrogen-bond acceptors (Lipinski definition) is 8. The summed E-state index contributed by atoms with van der Waals surface area (Å²) in [6, 6.07) is 10.2. The molecule has 0 unspecified atom stereocenters. The number of ether oxygens (including phenoxy) is 1. The minimum Gasteiger partial charge on any atom is -0.422 e. The molecule has 1 aliphatic carbocycles. The van der Waals surface area contributed by atoms with Gasteiger partial charge in [-0.1, -0.05) is 6.92 Å². The number of ketones is 1. The molecule has 1 aliphatic rings. The molecule has 2 aromatic heterocycles. The molecule has 2 heterocycles. The number of benzene rings is 1.